The van der Waals surface area contributed by atoms with Crippen LogP contribution in [0.4, 0.5) is 4.39 Å². The van der Waals surface area contributed by atoms with Crippen LogP contribution in [-0.2, 0) is 0 Å². The van der Waals surface area contributed by atoms with E-state index in [1.807, 2.05) is 0 Å². The summed E-state index contributed by atoms with van der Waals surface area (Å²) in [7, 11) is 1.40. The second-order valence-electron chi connectivity index (χ2n) is 4.86. The standard InChI is InChI=1S/C17H16ClFN2O3/c1-24-15-7-6-13(19)10-14(15)17(23)21-9-8-20-16(22)11-2-4-12(18)5-3-11/h2-7,10H,8-9H2,1H3,(H,20,22)(H,21,23). The van der Waals surface area contributed by atoms with Gasteiger partial charge in [0.2, 0.25) is 0 Å². The van der Waals surface area contributed by atoms with Gasteiger partial charge in [-0.2, -0.15) is 0 Å². The molecule has 0 atom stereocenters. The topological polar surface area (TPSA) is 67.4 Å². The minimum absolute atomic E-state index is 0.0986. The van der Waals surface area contributed by atoms with Gasteiger partial charge < -0.3 is 15.4 Å². The molecule has 2 rings (SSSR count). The van der Waals surface area contributed by atoms with Crippen LogP contribution in [0.2, 0.25) is 5.02 Å². The van der Waals surface area contributed by atoms with Crippen LogP contribution in [0.5, 0.6) is 5.75 Å². The molecule has 7 heteroatoms. The molecule has 0 unspecified atom stereocenters. The number of nitrogens with one attached hydrogen (secondary N) is 2. The number of hydrogen-bond donors (Lipinski definition) is 2. The fourth-order valence-electron chi connectivity index (χ4n) is 2.01. The lowest BCUT2D eigenvalue weighted by molar-refractivity contribution is 0.0926. The Morgan fingerprint density at radius 1 is 1.04 bits per heavy atom. The number of carbonyl (C=O) groups is 2. The first kappa shape index (κ1) is 17.7. The van der Waals surface area contributed by atoms with E-state index in [1.165, 1.54) is 19.2 Å². The summed E-state index contributed by atoms with van der Waals surface area (Å²) >= 11 is 5.76. The van der Waals surface area contributed by atoms with Crippen LogP contribution in [0.15, 0.2) is 42.5 Å². The Hall–Kier alpha value is -2.60. The summed E-state index contributed by atoms with van der Waals surface area (Å²) in [6, 6.07) is 10.1. The molecule has 2 amide bonds. The van der Waals surface area contributed by atoms with Crippen LogP contribution in [0.25, 0.3) is 0 Å². The average molecular weight is 351 g/mol. The van der Waals surface area contributed by atoms with Gasteiger partial charge in [0.1, 0.15) is 11.6 Å². The number of carbonyl (C=O) groups excluding carboxylic acids is 2. The van der Waals surface area contributed by atoms with Crippen LogP contribution in [-0.4, -0.2) is 32.0 Å². The molecule has 0 aromatic heterocycles. The molecule has 0 saturated heterocycles. The van der Waals surface area contributed by atoms with Gasteiger partial charge >= 0.3 is 0 Å². The zero-order chi connectivity index (χ0) is 17.5. The lowest BCUT2D eigenvalue weighted by atomic mass is 10.2. The van der Waals surface area contributed by atoms with Crippen molar-refractivity contribution < 1.29 is 18.7 Å². The number of ether oxygens (including phenoxy) is 1. The molecule has 0 radical (unpaired) electrons. The maximum absolute atomic E-state index is 13.3. The molecular weight excluding hydrogens is 335 g/mol. The van der Waals surface area contributed by atoms with Crippen LogP contribution >= 0.6 is 11.6 Å². The molecule has 0 fully saturated rings. The van der Waals surface area contributed by atoms with Gasteiger partial charge in [0, 0.05) is 23.7 Å². The molecule has 0 spiro atoms. The van der Waals surface area contributed by atoms with Gasteiger partial charge in [-0.1, -0.05) is 11.6 Å². The maximum Gasteiger partial charge on any atom is 0.255 e. The number of halogens is 2. The molecule has 0 aliphatic carbocycles. The molecule has 0 saturated carbocycles. The van der Waals surface area contributed by atoms with Crippen molar-refractivity contribution in [3.63, 3.8) is 0 Å². The smallest absolute Gasteiger partial charge is 0.255 e. The zero-order valence-electron chi connectivity index (χ0n) is 12.9. The number of amides is 2. The summed E-state index contributed by atoms with van der Waals surface area (Å²) in [6.45, 7) is 0.419. The van der Waals surface area contributed by atoms with E-state index >= 15 is 0 Å². The highest BCUT2D eigenvalue weighted by Gasteiger charge is 2.13. The molecule has 2 N–H and O–H groups in total. The molecule has 24 heavy (non-hydrogen) atoms. The van der Waals surface area contributed by atoms with Gasteiger partial charge in [0.15, 0.2) is 0 Å². The van der Waals surface area contributed by atoms with Crippen LogP contribution in [0, 0.1) is 5.82 Å². The molecule has 0 aliphatic heterocycles. The first-order valence-electron chi connectivity index (χ1n) is 7.17. The largest absolute Gasteiger partial charge is 0.496 e. The van der Waals surface area contributed by atoms with E-state index in [-0.39, 0.29) is 30.3 Å². The minimum Gasteiger partial charge on any atom is -0.496 e. The molecule has 0 bridgehead atoms. The summed E-state index contributed by atoms with van der Waals surface area (Å²) < 4.78 is 18.3. The van der Waals surface area contributed by atoms with Crippen molar-refractivity contribution in [1.82, 2.24) is 10.6 Å². The van der Waals surface area contributed by atoms with E-state index in [9.17, 15) is 14.0 Å². The third-order valence-electron chi connectivity index (χ3n) is 3.21. The quantitative estimate of drug-likeness (QED) is 0.787. The summed E-state index contributed by atoms with van der Waals surface area (Å²) in [6.07, 6.45) is 0. The summed E-state index contributed by atoms with van der Waals surface area (Å²) in [5.74, 6) is -1.01. The van der Waals surface area contributed by atoms with E-state index in [4.69, 9.17) is 16.3 Å². The highest BCUT2D eigenvalue weighted by atomic mass is 35.5. The zero-order valence-corrected chi connectivity index (χ0v) is 13.7. The molecule has 0 heterocycles. The van der Waals surface area contributed by atoms with Gasteiger partial charge in [-0.15, -0.1) is 0 Å². The van der Waals surface area contributed by atoms with Crippen LogP contribution < -0.4 is 15.4 Å². The first-order valence-corrected chi connectivity index (χ1v) is 7.54. The lowest BCUT2D eigenvalue weighted by Crippen LogP contribution is -2.34. The predicted octanol–water partition coefficient (Wildman–Crippen LogP) is 2.65. The normalized spacial score (nSPS) is 10.1. The van der Waals surface area contributed by atoms with E-state index in [1.54, 1.807) is 24.3 Å². The van der Waals surface area contributed by atoms with Crippen molar-refractivity contribution >= 4 is 23.4 Å². The van der Waals surface area contributed by atoms with Crippen LogP contribution in [0.3, 0.4) is 0 Å². The van der Waals surface area contributed by atoms with Crippen molar-refractivity contribution in [3.8, 4) is 5.75 Å². The maximum atomic E-state index is 13.3. The average Bonchev–Trinajstić information content (AvgIpc) is 2.58. The first-order chi connectivity index (χ1) is 11.5. The van der Waals surface area contributed by atoms with Crippen LogP contribution in [0.1, 0.15) is 20.7 Å². The van der Waals surface area contributed by atoms with Gasteiger partial charge in [-0.05, 0) is 42.5 Å². The number of rotatable bonds is 6. The molecule has 2 aromatic rings. The third-order valence-corrected chi connectivity index (χ3v) is 3.46. The Bertz CT molecular complexity index is 735. The molecular formula is C17H16ClFN2O3. The van der Waals surface area contributed by atoms with Crippen molar-refractivity contribution in [2.75, 3.05) is 20.2 Å². The summed E-state index contributed by atoms with van der Waals surface area (Å²) in [5.41, 5.74) is 0.569. The Labute approximate surface area is 143 Å². The Morgan fingerprint density at radius 3 is 2.29 bits per heavy atom. The van der Waals surface area contributed by atoms with Crippen molar-refractivity contribution in [2.24, 2.45) is 0 Å². The fourth-order valence-corrected chi connectivity index (χ4v) is 2.13. The molecule has 126 valence electrons. The number of hydrogen-bond acceptors (Lipinski definition) is 3. The Kier molecular flexibility index (Phi) is 6.14. The Balaban J connectivity index is 1.84. The monoisotopic (exact) mass is 350 g/mol. The molecule has 2 aromatic carbocycles. The molecule has 0 aliphatic rings. The van der Waals surface area contributed by atoms with E-state index in [0.717, 1.165) is 6.07 Å². The van der Waals surface area contributed by atoms with E-state index < -0.39 is 11.7 Å². The van der Waals surface area contributed by atoms with Crippen molar-refractivity contribution in [3.05, 3.63) is 64.4 Å². The van der Waals surface area contributed by atoms with Gasteiger partial charge in [0.25, 0.3) is 11.8 Å². The highest BCUT2D eigenvalue weighted by Crippen LogP contribution is 2.18. The van der Waals surface area contributed by atoms with Crippen molar-refractivity contribution in [1.29, 1.82) is 0 Å². The minimum atomic E-state index is -0.531. The Morgan fingerprint density at radius 2 is 1.67 bits per heavy atom. The number of methoxy groups -OCH3 is 1. The SMILES string of the molecule is COc1ccc(F)cc1C(=O)NCCNC(=O)c1ccc(Cl)cc1. The fraction of sp³-hybridized carbons (Fsp3) is 0.176. The summed E-state index contributed by atoms with van der Waals surface area (Å²) in [4.78, 5) is 23.9. The number of benzene rings is 2. The highest BCUT2D eigenvalue weighted by molar-refractivity contribution is 6.30. The van der Waals surface area contributed by atoms with Gasteiger partial charge in [0.05, 0.1) is 12.7 Å². The van der Waals surface area contributed by atoms with E-state index in [0.29, 0.717) is 10.6 Å². The van der Waals surface area contributed by atoms with Gasteiger partial charge in [-0.25, -0.2) is 4.39 Å². The predicted molar refractivity (Wildman–Crippen MR) is 89.1 cm³/mol. The van der Waals surface area contributed by atoms with Crippen molar-refractivity contribution in [2.45, 2.75) is 0 Å². The third kappa shape index (κ3) is 4.70. The molecule has 5 nitrogen and oxygen atoms in total. The second-order valence-corrected chi connectivity index (χ2v) is 5.30. The lowest BCUT2D eigenvalue weighted by Gasteiger charge is -2.10. The van der Waals surface area contributed by atoms with Gasteiger partial charge in [-0.3, -0.25) is 9.59 Å². The van der Waals surface area contributed by atoms with E-state index in [2.05, 4.69) is 10.6 Å². The second kappa shape index (κ2) is 8.31. The summed E-state index contributed by atoms with van der Waals surface area (Å²) in [5, 5.41) is 5.80.